The molecule has 24 heavy (non-hydrogen) atoms. The Hall–Kier alpha value is -2.40. The van der Waals surface area contributed by atoms with Crippen LogP contribution in [0.25, 0.3) is 0 Å². The van der Waals surface area contributed by atoms with Crippen molar-refractivity contribution < 1.29 is 23.9 Å². The van der Waals surface area contributed by atoms with Gasteiger partial charge in [-0.25, -0.2) is 4.79 Å². The highest BCUT2D eigenvalue weighted by Gasteiger charge is 2.23. The van der Waals surface area contributed by atoms with Gasteiger partial charge in [0.2, 0.25) is 11.8 Å². The maximum atomic E-state index is 11.8. The zero-order chi connectivity index (χ0) is 18.6. The first kappa shape index (κ1) is 21.6. The van der Waals surface area contributed by atoms with E-state index in [-0.39, 0.29) is 31.4 Å². The molecule has 0 saturated heterocycles. The van der Waals surface area contributed by atoms with Gasteiger partial charge in [0.05, 0.1) is 6.61 Å². The Kier molecular flexibility index (Phi) is 10.1. The van der Waals surface area contributed by atoms with E-state index in [2.05, 4.69) is 21.9 Å². The molecule has 0 spiro atoms. The van der Waals surface area contributed by atoms with Crippen LogP contribution in [0.2, 0.25) is 0 Å². The molecule has 0 aliphatic rings. The third-order valence-corrected chi connectivity index (χ3v) is 2.51. The van der Waals surface area contributed by atoms with Crippen molar-refractivity contribution >= 4 is 17.8 Å². The third kappa shape index (κ3) is 11.2. The molecule has 8 heteroatoms. The van der Waals surface area contributed by atoms with Crippen molar-refractivity contribution in [2.45, 2.75) is 45.2 Å². The predicted molar refractivity (Wildman–Crippen MR) is 86.6 cm³/mol. The summed E-state index contributed by atoms with van der Waals surface area (Å²) in [7, 11) is 0. The van der Waals surface area contributed by atoms with Gasteiger partial charge in [-0.15, -0.1) is 6.58 Å². The first-order valence-corrected chi connectivity index (χ1v) is 7.52. The van der Waals surface area contributed by atoms with Gasteiger partial charge >= 0.3 is 5.97 Å². The molecule has 0 bridgehead atoms. The third-order valence-electron chi connectivity index (χ3n) is 2.51. The van der Waals surface area contributed by atoms with E-state index in [9.17, 15) is 14.4 Å². The molecule has 0 unspecified atom stereocenters. The van der Waals surface area contributed by atoms with E-state index in [1.165, 1.54) is 0 Å². The Bertz CT molecular complexity index is 491. The fraction of sp³-hybridized carbons (Fsp3) is 0.625. The van der Waals surface area contributed by atoms with Crippen LogP contribution in [0.3, 0.4) is 0 Å². The summed E-state index contributed by atoms with van der Waals surface area (Å²) < 4.78 is 9.86. The van der Waals surface area contributed by atoms with Gasteiger partial charge in [0.25, 0.3) is 0 Å². The molecule has 0 rings (SSSR count). The molecule has 0 saturated carbocycles. The van der Waals surface area contributed by atoms with E-state index < -0.39 is 24.2 Å². The number of hydrogen-bond acceptors (Lipinski definition) is 6. The Morgan fingerprint density at radius 3 is 2.50 bits per heavy atom. The maximum absolute atomic E-state index is 11.8. The summed E-state index contributed by atoms with van der Waals surface area (Å²) in [6.07, 6.45) is 2.20. The van der Waals surface area contributed by atoms with Gasteiger partial charge in [-0.2, -0.15) is 5.26 Å². The molecule has 0 aromatic heterocycles. The molecule has 0 aromatic rings. The number of amides is 2. The Balaban J connectivity index is 4.51. The predicted octanol–water partition coefficient (Wildman–Crippen LogP) is 0.435. The van der Waals surface area contributed by atoms with E-state index >= 15 is 0 Å². The first-order valence-electron chi connectivity index (χ1n) is 7.52. The van der Waals surface area contributed by atoms with Crippen LogP contribution >= 0.6 is 0 Å². The van der Waals surface area contributed by atoms with Gasteiger partial charge in [0.15, 0.2) is 12.6 Å². The van der Waals surface area contributed by atoms with E-state index in [0.29, 0.717) is 6.42 Å². The van der Waals surface area contributed by atoms with E-state index in [1.807, 2.05) is 20.8 Å². The number of carbonyl (C=O) groups excluding carboxylic acids is 3. The molecule has 0 aromatic carbocycles. The van der Waals surface area contributed by atoms with Crippen LogP contribution in [0.5, 0.6) is 0 Å². The summed E-state index contributed by atoms with van der Waals surface area (Å²) in [5.74, 6) is -1.51. The number of nitrogens with zero attached hydrogens (tertiary/aromatic N) is 1. The van der Waals surface area contributed by atoms with Crippen LogP contribution in [-0.2, 0) is 23.9 Å². The molecule has 2 N–H and O–H groups in total. The summed E-state index contributed by atoms with van der Waals surface area (Å²) in [5, 5.41) is 13.6. The van der Waals surface area contributed by atoms with Gasteiger partial charge in [0.1, 0.15) is 12.7 Å². The second-order valence-electron chi connectivity index (χ2n) is 6.03. The first-order chi connectivity index (χ1) is 11.2. The van der Waals surface area contributed by atoms with Crippen molar-refractivity contribution in [3.8, 4) is 6.07 Å². The van der Waals surface area contributed by atoms with E-state index in [1.54, 1.807) is 12.1 Å². The largest absolute Gasteiger partial charge is 0.449 e. The normalized spacial score (nSPS) is 11.8. The lowest BCUT2D eigenvalue weighted by Gasteiger charge is -2.21. The van der Waals surface area contributed by atoms with Gasteiger partial charge in [-0.3, -0.25) is 9.59 Å². The zero-order valence-corrected chi connectivity index (χ0v) is 14.4. The number of nitriles is 1. The van der Waals surface area contributed by atoms with E-state index in [4.69, 9.17) is 10.00 Å². The van der Waals surface area contributed by atoms with Gasteiger partial charge in [0, 0.05) is 12.0 Å². The van der Waals surface area contributed by atoms with Gasteiger partial charge in [-0.1, -0.05) is 6.08 Å². The van der Waals surface area contributed by atoms with Gasteiger partial charge in [-0.05, 0) is 27.2 Å². The average molecular weight is 339 g/mol. The van der Waals surface area contributed by atoms with Gasteiger partial charge < -0.3 is 20.1 Å². The highest BCUT2D eigenvalue weighted by atomic mass is 16.5. The number of carbonyl (C=O) groups is 3. The standard InChI is InChI=1S/C16H25N3O5/c1-5-6-7-13(20)18-12(15(22)24-9-8-17)10-23-11-14(21)19-16(2,3)4/h5,12H,1,6-7,9-11H2,2-4H3,(H,18,20)(H,19,21)/t12-/m0/s1. The molecule has 0 fully saturated rings. The SMILES string of the molecule is C=CCCC(=O)N[C@@H](COCC(=O)NC(C)(C)C)C(=O)OCC#N. The van der Waals surface area contributed by atoms with Crippen molar-refractivity contribution in [3.63, 3.8) is 0 Å². The Morgan fingerprint density at radius 2 is 1.96 bits per heavy atom. The summed E-state index contributed by atoms with van der Waals surface area (Å²) >= 11 is 0. The van der Waals surface area contributed by atoms with Crippen molar-refractivity contribution in [2.24, 2.45) is 0 Å². The van der Waals surface area contributed by atoms with Crippen molar-refractivity contribution in [1.29, 1.82) is 5.26 Å². The van der Waals surface area contributed by atoms with Crippen LogP contribution in [0.4, 0.5) is 0 Å². The fourth-order valence-corrected chi connectivity index (χ4v) is 1.60. The lowest BCUT2D eigenvalue weighted by atomic mass is 10.1. The lowest BCUT2D eigenvalue weighted by Crippen LogP contribution is -2.46. The zero-order valence-electron chi connectivity index (χ0n) is 14.4. The quantitative estimate of drug-likeness (QED) is 0.440. The number of ether oxygens (including phenoxy) is 2. The summed E-state index contributed by atoms with van der Waals surface area (Å²) in [6, 6.07) is 0.582. The number of esters is 1. The lowest BCUT2D eigenvalue weighted by molar-refractivity contribution is -0.149. The minimum atomic E-state index is -1.09. The molecule has 0 heterocycles. The van der Waals surface area contributed by atoms with Crippen molar-refractivity contribution in [1.82, 2.24) is 10.6 Å². The number of rotatable bonds is 10. The number of hydrogen-bond donors (Lipinski definition) is 2. The highest BCUT2D eigenvalue weighted by molar-refractivity contribution is 5.84. The van der Waals surface area contributed by atoms with Crippen molar-refractivity contribution in [3.05, 3.63) is 12.7 Å². The van der Waals surface area contributed by atoms with Crippen LogP contribution < -0.4 is 10.6 Å². The monoisotopic (exact) mass is 339 g/mol. The second-order valence-corrected chi connectivity index (χ2v) is 6.03. The van der Waals surface area contributed by atoms with Crippen molar-refractivity contribution in [2.75, 3.05) is 19.8 Å². The molecule has 0 aliphatic heterocycles. The summed E-state index contributed by atoms with van der Waals surface area (Å²) in [6.45, 7) is 8.06. The topological polar surface area (TPSA) is 118 Å². The minimum Gasteiger partial charge on any atom is -0.449 e. The molecular weight excluding hydrogens is 314 g/mol. The average Bonchev–Trinajstić information content (AvgIpc) is 2.47. The summed E-state index contributed by atoms with van der Waals surface area (Å²) in [5.41, 5.74) is -0.398. The van der Waals surface area contributed by atoms with Crippen LogP contribution in [-0.4, -0.2) is 49.2 Å². The Labute approximate surface area is 142 Å². The second kappa shape index (κ2) is 11.2. The number of allylic oxidation sites excluding steroid dienone is 1. The summed E-state index contributed by atoms with van der Waals surface area (Å²) in [4.78, 5) is 35.2. The van der Waals surface area contributed by atoms with Crippen LogP contribution in [0.15, 0.2) is 12.7 Å². The molecule has 0 aliphatic carbocycles. The molecule has 0 radical (unpaired) electrons. The maximum Gasteiger partial charge on any atom is 0.332 e. The highest BCUT2D eigenvalue weighted by Crippen LogP contribution is 1.99. The molecule has 8 nitrogen and oxygen atoms in total. The van der Waals surface area contributed by atoms with Crippen LogP contribution in [0.1, 0.15) is 33.6 Å². The smallest absolute Gasteiger partial charge is 0.332 e. The minimum absolute atomic E-state index is 0.163. The molecule has 134 valence electrons. The fourth-order valence-electron chi connectivity index (χ4n) is 1.60. The van der Waals surface area contributed by atoms with E-state index in [0.717, 1.165) is 0 Å². The molecule has 2 amide bonds. The number of nitrogens with one attached hydrogen (secondary N) is 2. The van der Waals surface area contributed by atoms with Crippen LogP contribution in [0, 0.1) is 11.3 Å². The molecule has 1 atom stereocenters. The molecular formula is C16H25N3O5. The Morgan fingerprint density at radius 1 is 1.29 bits per heavy atom.